The smallest absolute Gasteiger partial charge is 0.323 e. The van der Waals surface area contributed by atoms with Gasteiger partial charge in [-0.3, -0.25) is 4.79 Å². The fraction of sp³-hybridized carbons (Fsp3) is 0.917. The molecule has 3 N–H and O–H groups in total. The average molecular weight is 245 g/mol. The van der Waals surface area contributed by atoms with Crippen molar-refractivity contribution in [2.45, 2.75) is 57.3 Å². The summed E-state index contributed by atoms with van der Waals surface area (Å²) in [5.74, 6) is -0.928. The maximum Gasteiger partial charge on any atom is 0.323 e. The lowest BCUT2D eigenvalue weighted by molar-refractivity contribution is -0.148. The normalized spacial score (nSPS) is 31.1. The SMILES string of the molecule is CCOCC(C)OC1CCCC(N)(C(=O)O)C1. The van der Waals surface area contributed by atoms with Crippen LogP contribution in [0, 0.1) is 0 Å². The quantitative estimate of drug-likeness (QED) is 0.733. The highest BCUT2D eigenvalue weighted by Gasteiger charge is 2.40. The highest BCUT2D eigenvalue weighted by molar-refractivity contribution is 5.78. The Labute approximate surface area is 102 Å². The molecule has 0 aromatic rings. The van der Waals surface area contributed by atoms with Crippen LogP contribution in [0.1, 0.15) is 39.5 Å². The van der Waals surface area contributed by atoms with Gasteiger partial charge in [-0.15, -0.1) is 0 Å². The summed E-state index contributed by atoms with van der Waals surface area (Å²) in [4.78, 5) is 11.1. The molecule has 1 aliphatic carbocycles. The first-order chi connectivity index (χ1) is 7.98. The molecule has 3 atom stereocenters. The number of carboxylic acids is 1. The van der Waals surface area contributed by atoms with E-state index in [1.54, 1.807) is 0 Å². The monoisotopic (exact) mass is 245 g/mol. The number of aliphatic carboxylic acids is 1. The number of ether oxygens (including phenoxy) is 2. The van der Waals surface area contributed by atoms with Crippen molar-refractivity contribution in [3.63, 3.8) is 0 Å². The van der Waals surface area contributed by atoms with Gasteiger partial charge in [-0.1, -0.05) is 0 Å². The van der Waals surface area contributed by atoms with Gasteiger partial charge in [-0.05, 0) is 33.1 Å². The van der Waals surface area contributed by atoms with Crippen molar-refractivity contribution >= 4 is 5.97 Å². The Hall–Kier alpha value is -0.650. The van der Waals surface area contributed by atoms with Crippen LogP contribution in [-0.2, 0) is 14.3 Å². The molecule has 100 valence electrons. The minimum absolute atomic E-state index is 0.0175. The molecule has 5 nitrogen and oxygen atoms in total. The van der Waals surface area contributed by atoms with Gasteiger partial charge in [0.1, 0.15) is 5.54 Å². The molecule has 3 unspecified atom stereocenters. The third kappa shape index (κ3) is 4.26. The van der Waals surface area contributed by atoms with E-state index in [9.17, 15) is 4.79 Å². The molecule has 0 aliphatic heterocycles. The molecule has 0 amide bonds. The molecule has 1 rings (SSSR count). The largest absolute Gasteiger partial charge is 0.480 e. The third-order valence-corrected chi connectivity index (χ3v) is 3.15. The minimum Gasteiger partial charge on any atom is -0.480 e. The van der Waals surface area contributed by atoms with Crippen molar-refractivity contribution in [1.82, 2.24) is 0 Å². The van der Waals surface area contributed by atoms with E-state index in [1.165, 1.54) is 0 Å². The van der Waals surface area contributed by atoms with E-state index in [1.807, 2.05) is 13.8 Å². The van der Waals surface area contributed by atoms with E-state index >= 15 is 0 Å². The van der Waals surface area contributed by atoms with Crippen LogP contribution in [-0.4, -0.2) is 42.0 Å². The molecule has 0 aromatic heterocycles. The van der Waals surface area contributed by atoms with E-state index in [-0.39, 0.29) is 12.2 Å². The summed E-state index contributed by atoms with van der Waals surface area (Å²) in [6.07, 6.45) is 2.51. The van der Waals surface area contributed by atoms with Crippen LogP contribution in [0.4, 0.5) is 0 Å². The Kier molecular flexibility index (Phi) is 5.36. The molecule has 0 saturated heterocycles. The van der Waals surface area contributed by atoms with Crippen molar-refractivity contribution in [2.24, 2.45) is 5.73 Å². The molecule has 0 spiro atoms. The minimum atomic E-state index is -1.12. The predicted octanol–water partition coefficient (Wildman–Crippen LogP) is 1.15. The molecule has 5 heteroatoms. The van der Waals surface area contributed by atoms with E-state index in [0.29, 0.717) is 26.1 Å². The topological polar surface area (TPSA) is 81.8 Å². The molecule has 17 heavy (non-hydrogen) atoms. The molecular formula is C12H23NO4. The van der Waals surface area contributed by atoms with Crippen molar-refractivity contribution < 1.29 is 19.4 Å². The Morgan fingerprint density at radius 1 is 1.65 bits per heavy atom. The molecule has 1 fully saturated rings. The fourth-order valence-electron chi connectivity index (χ4n) is 2.22. The first-order valence-electron chi connectivity index (χ1n) is 6.23. The summed E-state index contributed by atoms with van der Waals surface area (Å²) in [6, 6.07) is 0. The maximum atomic E-state index is 11.1. The van der Waals surface area contributed by atoms with Crippen molar-refractivity contribution in [1.29, 1.82) is 0 Å². The van der Waals surface area contributed by atoms with Gasteiger partial charge in [0.15, 0.2) is 0 Å². The second kappa shape index (κ2) is 6.33. The molecule has 1 saturated carbocycles. The summed E-state index contributed by atoms with van der Waals surface area (Å²) in [5, 5.41) is 9.09. The standard InChI is InChI=1S/C12H23NO4/c1-3-16-8-9(2)17-10-5-4-6-12(13,7-10)11(14)15/h9-10H,3-8,13H2,1-2H3,(H,14,15). The summed E-state index contributed by atoms with van der Waals surface area (Å²) in [7, 11) is 0. The van der Waals surface area contributed by atoms with Crippen LogP contribution in [0.2, 0.25) is 0 Å². The second-order valence-corrected chi connectivity index (χ2v) is 4.79. The third-order valence-electron chi connectivity index (χ3n) is 3.15. The lowest BCUT2D eigenvalue weighted by Gasteiger charge is -2.35. The molecule has 0 bridgehead atoms. The van der Waals surface area contributed by atoms with Gasteiger partial charge in [-0.25, -0.2) is 0 Å². The van der Waals surface area contributed by atoms with E-state index in [4.69, 9.17) is 20.3 Å². The molecule has 0 heterocycles. The van der Waals surface area contributed by atoms with Crippen molar-refractivity contribution in [3.05, 3.63) is 0 Å². The van der Waals surface area contributed by atoms with E-state index in [0.717, 1.165) is 12.8 Å². The lowest BCUT2D eigenvalue weighted by atomic mass is 9.81. The summed E-state index contributed by atoms with van der Waals surface area (Å²) < 4.78 is 11.0. The number of carbonyl (C=O) groups is 1. The Bertz CT molecular complexity index is 259. The van der Waals surface area contributed by atoms with Crippen LogP contribution in [0.5, 0.6) is 0 Å². The highest BCUT2D eigenvalue weighted by Crippen LogP contribution is 2.29. The summed E-state index contributed by atoms with van der Waals surface area (Å²) >= 11 is 0. The lowest BCUT2D eigenvalue weighted by Crippen LogP contribution is -2.53. The van der Waals surface area contributed by atoms with Gasteiger partial charge >= 0.3 is 5.97 Å². The van der Waals surface area contributed by atoms with Gasteiger partial charge in [0.05, 0.1) is 18.8 Å². The average Bonchev–Trinajstić information content (AvgIpc) is 2.26. The van der Waals surface area contributed by atoms with Gasteiger partial charge in [0.2, 0.25) is 0 Å². The maximum absolute atomic E-state index is 11.1. The van der Waals surface area contributed by atoms with Gasteiger partial charge in [0, 0.05) is 13.0 Å². The zero-order valence-corrected chi connectivity index (χ0v) is 10.6. The number of rotatable bonds is 6. The molecule has 1 aliphatic rings. The zero-order chi connectivity index (χ0) is 12.9. The number of carboxylic acid groups (broad SMARTS) is 1. The van der Waals surface area contributed by atoms with Crippen LogP contribution in [0.3, 0.4) is 0 Å². The van der Waals surface area contributed by atoms with Gasteiger partial charge in [0.25, 0.3) is 0 Å². The molecule has 0 aromatic carbocycles. The number of hydrogen-bond acceptors (Lipinski definition) is 4. The first-order valence-corrected chi connectivity index (χ1v) is 6.23. The van der Waals surface area contributed by atoms with Gasteiger partial charge in [-0.2, -0.15) is 0 Å². The molecule has 0 radical (unpaired) electrons. The van der Waals surface area contributed by atoms with Crippen molar-refractivity contribution in [2.75, 3.05) is 13.2 Å². The van der Waals surface area contributed by atoms with Crippen LogP contribution >= 0.6 is 0 Å². The zero-order valence-electron chi connectivity index (χ0n) is 10.6. The van der Waals surface area contributed by atoms with Crippen LogP contribution in [0.15, 0.2) is 0 Å². The van der Waals surface area contributed by atoms with E-state index in [2.05, 4.69) is 0 Å². The van der Waals surface area contributed by atoms with E-state index < -0.39 is 11.5 Å². The molecular weight excluding hydrogens is 222 g/mol. The Morgan fingerprint density at radius 3 is 2.94 bits per heavy atom. The summed E-state index contributed by atoms with van der Waals surface area (Å²) in [5.41, 5.74) is 4.74. The Morgan fingerprint density at radius 2 is 2.35 bits per heavy atom. The van der Waals surface area contributed by atoms with Crippen LogP contribution < -0.4 is 5.73 Å². The second-order valence-electron chi connectivity index (χ2n) is 4.79. The van der Waals surface area contributed by atoms with Crippen molar-refractivity contribution in [3.8, 4) is 0 Å². The first kappa shape index (κ1) is 14.4. The van der Waals surface area contributed by atoms with Crippen LogP contribution in [0.25, 0.3) is 0 Å². The highest BCUT2D eigenvalue weighted by atomic mass is 16.5. The summed E-state index contributed by atoms with van der Waals surface area (Å²) in [6.45, 7) is 5.07. The number of hydrogen-bond donors (Lipinski definition) is 2. The number of nitrogens with two attached hydrogens (primary N) is 1. The fourth-order valence-corrected chi connectivity index (χ4v) is 2.22. The van der Waals surface area contributed by atoms with Gasteiger partial charge < -0.3 is 20.3 Å². The Balaban J connectivity index is 2.42. The predicted molar refractivity (Wildman–Crippen MR) is 63.9 cm³/mol.